The number of halogens is 1. The highest BCUT2D eigenvalue weighted by Gasteiger charge is 2.21. The summed E-state index contributed by atoms with van der Waals surface area (Å²) in [6, 6.07) is 11.8. The molecule has 0 aliphatic heterocycles. The lowest BCUT2D eigenvalue weighted by Gasteiger charge is -2.16. The average molecular weight is 300 g/mol. The van der Waals surface area contributed by atoms with E-state index in [1.165, 1.54) is 0 Å². The minimum Gasteiger partial charge on any atom is -0.466 e. The van der Waals surface area contributed by atoms with Crippen LogP contribution in [0.5, 0.6) is 0 Å². The molecule has 0 spiro atoms. The number of nitrogens with two attached hydrogens (primary N) is 1. The van der Waals surface area contributed by atoms with Crippen LogP contribution in [0.15, 0.2) is 40.8 Å². The van der Waals surface area contributed by atoms with Gasteiger partial charge in [0.15, 0.2) is 0 Å². The lowest BCUT2D eigenvalue weighted by Crippen LogP contribution is -2.14. The molecule has 0 bridgehead atoms. The number of rotatable bonds is 2. The first kappa shape index (κ1) is 14.2. The van der Waals surface area contributed by atoms with Crippen LogP contribution >= 0.6 is 11.6 Å². The second kappa shape index (κ2) is 5.21. The van der Waals surface area contributed by atoms with E-state index in [-0.39, 0.29) is 6.04 Å². The van der Waals surface area contributed by atoms with Gasteiger partial charge in [0, 0.05) is 16.0 Å². The maximum atomic E-state index is 6.54. The highest BCUT2D eigenvalue weighted by molar-refractivity contribution is 6.35. The summed E-state index contributed by atoms with van der Waals surface area (Å²) < 4.78 is 5.72. The summed E-state index contributed by atoms with van der Waals surface area (Å²) in [6.07, 6.45) is 0. The van der Waals surface area contributed by atoms with Crippen LogP contribution in [0.4, 0.5) is 0 Å². The van der Waals surface area contributed by atoms with Crippen LogP contribution in [0.1, 0.15) is 34.3 Å². The van der Waals surface area contributed by atoms with Gasteiger partial charge in [0.05, 0.1) is 6.04 Å². The Balaban J connectivity index is 2.23. The highest BCUT2D eigenvalue weighted by Crippen LogP contribution is 2.35. The normalized spacial score (nSPS) is 12.8. The van der Waals surface area contributed by atoms with E-state index in [2.05, 4.69) is 13.0 Å². The molecular weight excluding hydrogens is 282 g/mol. The number of aryl methyl sites for hydroxylation is 2. The van der Waals surface area contributed by atoms with Gasteiger partial charge < -0.3 is 10.2 Å². The van der Waals surface area contributed by atoms with Gasteiger partial charge in [0.2, 0.25) is 0 Å². The fourth-order valence-corrected chi connectivity index (χ4v) is 3.21. The quantitative estimate of drug-likeness (QED) is 0.718. The number of hydrogen-bond donors (Lipinski definition) is 1. The molecule has 3 heteroatoms. The SMILES string of the molecule is Cc1oc(C)c(C(N)c2ccc(Cl)c3ccccc23)c1C. The molecule has 21 heavy (non-hydrogen) atoms. The Morgan fingerprint density at radius 1 is 0.952 bits per heavy atom. The maximum Gasteiger partial charge on any atom is 0.106 e. The van der Waals surface area contributed by atoms with Crippen molar-refractivity contribution in [2.75, 3.05) is 0 Å². The Hall–Kier alpha value is -1.77. The van der Waals surface area contributed by atoms with Gasteiger partial charge in [-0.3, -0.25) is 0 Å². The summed E-state index contributed by atoms with van der Waals surface area (Å²) >= 11 is 6.29. The Bertz CT molecular complexity index is 819. The molecule has 0 fully saturated rings. The smallest absolute Gasteiger partial charge is 0.106 e. The van der Waals surface area contributed by atoms with Crippen LogP contribution in [0, 0.1) is 20.8 Å². The van der Waals surface area contributed by atoms with Gasteiger partial charge in [-0.25, -0.2) is 0 Å². The molecule has 1 aromatic heterocycles. The molecule has 0 aliphatic rings. The number of hydrogen-bond acceptors (Lipinski definition) is 2. The van der Waals surface area contributed by atoms with Crippen molar-refractivity contribution >= 4 is 22.4 Å². The molecule has 1 heterocycles. The third kappa shape index (κ3) is 2.25. The third-order valence-electron chi connectivity index (χ3n) is 4.17. The molecule has 1 atom stereocenters. The van der Waals surface area contributed by atoms with Crippen LogP contribution in [-0.4, -0.2) is 0 Å². The molecule has 0 aliphatic carbocycles. The van der Waals surface area contributed by atoms with E-state index in [1.54, 1.807) is 0 Å². The lowest BCUT2D eigenvalue weighted by atomic mass is 9.92. The molecular formula is C18H18ClNO. The first-order chi connectivity index (χ1) is 10.0. The maximum absolute atomic E-state index is 6.54. The van der Waals surface area contributed by atoms with Gasteiger partial charge in [-0.15, -0.1) is 0 Å². The van der Waals surface area contributed by atoms with Crippen LogP contribution in [-0.2, 0) is 0 Å². The zero-order valence-electron chi connectivity index (χ0n) is 12.4. The van der Waals surface area contributed by atoms with E-state index in [0.29, 0.717) is 0 Å². The Morgan fingerprint density at radius 2 is 1.62 bits per heavy atom. The van der Waals surface area contributed by atoms with Crippen molar-refractivity contribution in [1.29, 1.82) is 0 Å². The standard InChI is InChI=1S/C18H18ClNO/c1-10-11(2)21-12(3)17(10)18(20)15-8-9-16(19)14-7-5-4-6-13(14)15/h4-9,18H,20H2,1-3H3. The fourth-order valence-electron chi connectivity index (χ4n) is 2.98. The molecule has 2 nitrogen and oxygen atoms in total. The van der Waals surface area contributed by atoms with Gasteiger partial charge >= 0.3 is 0 Å². The molecule has 2 aromatic carbocycles. The minimum absolute atomic E-state index is 0.218. The predicted octanol–water partition coefficient (Wildman–Crippen LogP) is 5.06. The van der Waals surface area contributed by atoms with Crippen LogP contribution < -0.4 is 5.73 Å². The number of benzene rings is 2. The number of furan rings is 1. The van der Waals surface area contributed by atoms with E-state index in [4.69, 9.17) is 21.8 Å². The molecule has 0 amide bonds. The summed E-state index contributed by atoms with van der Waals surface area (Å²) in [4.78, 5) is 0. The molecule has 3 rings (SSSR count). The predicted molar refractivity (Wildman–Crippen MR) is 87.9 cm³/mol. The van der Waals surface area contributed by atoms with E-state index in [0.717, 1.165) is 44.0 Å². The molecule has 0 radical (unpaired) electrons. The third-order valence-corrected chi connectivity index (χ3v) is 4.50. The van der Waals surface area contributed by atoms with Crippen LogP contribution in [0.3, 0.4) is 0 Å². The van der Waals surface area contributed by atoms with Crippen molar-refractivity contribution in [3.63, 3.8) is 0 Å². The summed E-state index contributed by atoms with van der Waals surface area (Å²) in [7, 11) is 0. The fraction of sp³-hybridized carbons (Fsp3) is 0.222. The van der Waals surface area contributed by atoms with Crippen molar-refractivity contribution < 1.29 is 4.42 Å². The lowest BCUT2D eigenvalue weighted by molar-refractivity contribution is 0.498. The summed E-state index contributed by atoms with van der Waals surface area (Å²) in [5, 5.41) is 2.87. The van der Waals surface area contributed by atoms with Gasteiger partial charge in [-0.2, -0.15) is 0 Å². The highest BCUT2D eigenvalue weighted by atomic mass is 35.5. The van der Waals surface area contributed by atoms with E-state index in [1.807, 2.05) is 44.2 Å². The number of fused-ring (bicyclic) bond motifs is 1. The second-order valence-corrected chi connectivity index (χ2v) is 5.82. The van der Waals surface area contributed by atoms with Crippen molar-refractivity contribution in [3.8, 4) is 0 Å². The van der Waals surface area contributed by atoms with Gasteiger partial charge in [-0.1, -0.05) is 41.9 Å². The molecule has 0 saturated carbocycles. The summed E-state index contributed by atoms with van der Waals surface area (Å²) in [5.41, 5.74) is 9.81. The van der Waals surface area contributed by atoms with E-state index >= 15 is 0 Å². The van der Waals surface area contributed by atoms with E-state index < -0.39 is 0 Å². The largest absolute Gasteiger partial charge is 0.466 e. The molecule has 108 valence electrons. The van der Waals surface area contributed by atoms with Crippen molar-refractivity contribution in [2.45, 2.75) is 26.8 Å². The Kier molecular flexibility index (Phi) is 3.52. The van der Waals surface area contributed by atoms with Gasteiger partial charge in [0.25, 0.3) is 0 Å². The van der Waals surface area contributed by atoms with Gasteiger partial charge in [-0.05, 0) is 43.4 Å². The minimum atomic E-state index is -0.218. The van der Waals surface area contributed by atoms with Crippen molar-refractivity contribution in [2.24, 2.45) is 5.73 Å². The monoisotopic (exact) mass is 299 g/mol. The first-order valence-corrected chi connectivity index (χ1v) is 7.37. The average Bonchev–Trinajstić information content (AvgIpc) is 2.72. The summed E-state index contributed by atoms with van der Waals surface area (Å²) in [5.74, 6) is 1.81. The Morgan fingerprint density at radius 3 is 2.24 bits per heavy atom. The first-order valence-electron chi connectivity index (χ1n) is 7.00. The topological polar surface area (TPSA) is 39.2 Å². The molecule has 3 aromatic rings. The van der Waals surface area contributed by atoms with Crippen LogP contribution in [0.2, 0.25) is 5.02 Å². The van der Waals surface area contributed by atoms with Gasteiger partial charge in [0.1, 0.15) is 11.5 Å². The molecule has 0 saturated heterocycles. The summed E-state index contributed by atoms with van der Waals surface area (Å²) in [6.45, 7) is 5.99. The van der Waals surface area contributed by atoms with Crippen LogP contribution in [0.25, 0.3) is 10.8 Å². The van der Waals surface area contributed by atoms with Crippen molar-refractivity contribution in [3.05, 3.63) is 69.6 Å². The van der Waals surface area contributed by atoms with E-state index in [9.17, 15) is 0 Å². The molecule has 2 N–H and O–H groups in total. The van der Waals surface area contributed by atoms with Crippen molar-refractivity contribution in [1.82, 2.24) is 0 Å². The zero-order chi connectivity index (χ0) is 15.1. The second-order valence-electron chi connectivity index (χ2n) is 5.41. The zero-order valence-corrected chi connectivity index (χ0v) is 13.2. The Labute approximate surface area is 129 Å². The molecule has 1 unspecified atom stereocenters.